The second-order valence-corrected chi connectivity index (χ2v) is 7.51. The van der Waals surface area contributed by atoms with Crippen LogP contribution in [0, 0.1) is 12.7 Å². The van der Waals surface area contributed by atoms with E-state index in [9.17, 15) is 14.3 Å². The molecule has 0 unspecified atom stereocenters. The van der Waals surface area contributed by atoms with E-state index >= 15 is 0 Å². The number of carboxylic acids is 1. The molecule has 170 valence electrons. The minimum absolute atomic E-state index is 0.191. The maximum absolute atomic E-state index is 14.0. The number of rotatable bonds is 8. The molecule has 8 nitrogen and oxygen atoms in total. The maximum atomic E-state index is 14.0. The van der Waals surface area contributed by atoms with Gasteiger partial charge in [-0.25, -0.2) is 19.2 Å². The molecule has 0 aliphatic carbocycles. The van der Waals surface area contributed by atoms with Gasteiger partial charge >= 0.3 is 5.97 Å². The summed E-state index contributed by atoms with van der Waals surface area (Å²) in [6.07, 6.45) is 1.46. The van der Waals surface area contributed by atoms with Crippen LogP contribution < -0.4 is 15.4 Å². The lowest BCUT2D eigenvalue weighted by Gasteiger charge is -2.12. The van der Waals surface area contributed by atoms with E-state index < -0.39 is 5.97 Å². The monoisotopic (exact) mass is 449 g/mol. The summed E-state index contributed by atoms with van der Waals surface area (Å²) in [7, 11) is 3.21. The zero-order valence-electron chi connectivity index (χ0n) is 18.5. The summed E-state index contributed by atoms with van der Waals surface area (Å²) in [5.41, 5.74) is 3.89. The number of nitrogens with zero attached hydrogens (tertiary/aromatic N) is 3. The van der Waals surface area contributed by atoms with Gasteiger partial charge in [-0.15, -0.1) is 0 Å². The number of methoxy groups -OCH3 is 1. The number of anilines is 2. The van der Waals surface area contributed by atoms with Gasteiger partial charge in [0.05, 0.1) is 23.9 Å². The first-order chi connectivity index (χ1) is 15.9. The Morgan fingerprint density at radius 2 is 2.00 bits per heavy atom. The molecule has 0 aliphatic heterocycles. The Morgan fingerprint density at radius 1 is 1.18 bits per heavy atom. The summed E-state index contributed by atoms with van der Waals surface area (Å²) in [5, 5.41) is 16.4. The Labute approximate surface area is 190 Å². The van der Waals surface area contributed by atoms with Crippen LogP contribution in [0.1, 0.15) is 16.1 Å². The van der Waals surface area contributed by atoms with Crippen LogP contribution in [0.25, 0.3) is 22.2 Å². The van der Waals surface area contributed by atoms with E-state index in [2.05, 4.69) is 20.6 Å². The Kier molecular flexibility index (Phi) is 6.12. The van der Waals surface area contributed by atoms with E-state index in [1.165, 1.54) is 25.6 Å². The van der Waals surface area contributed by atoms with Gasteiger partial charge in [-0.05, 0) is 31.2 Å². The number of benzene rings is 2. The number of fused-ring (bicyclic) bond motifs is 1. The second-order valence-electron chi connectivity index (χ2n) is 7.51. The SMILES string of the molecule is CNc1cc(-c2cc(NCCn3c(C)cc4c(OC)cc(F)cc43)ncn2)ccc1C(=O)O. The Morgan fingerprint density at radius 3 is 2.73 bits per heavy atom. The van der Waals surface area contributed by atoms with E-state index in [0.717, 1.165) is 22.2 Å². The van der Waals surface area contributed by atoms with Crippen molar-refractivity contribution in [3.63, 3.8) is 0 Å². The summed E-state index contributed by atoms with van der Waals surface area (Å²) in [5.74, 6) is -0.204. The van der Waals surface area contributed by atoms with Crippen molar-refractivity contribution >= 4 is 28.4 Å². The van der Waals surface area contributed by atoms with Crippen molar-refractivity contribution < 1.29 is 19.0 Å². The van der Waals surface area contributed by atoms with E-state index in [4.69, 9.17) is 4.74 Å². The van der Waals surface area contributed by atoms with Crippen LogP contribution in [0.3, 0.4) is 0 Å². The number of ether oxygens (including phenoxy) is 1. The van der Waals surface area contributed by atoms with E-state index in [1.807, 2.05) is 17.6 Å². The quantitative estimate of drug-likeness (QED) is 0.366. The smallest absolute Gasteiger partial charge is 0.337 e. The molecule has 0 amide bonds. The Bertz CT molecular complexity index is 1340. The molecular formula is C24H24FN5O3. The van der Waals surface area contributed by atoms with Crippen molar-refractivity contribution in [1.82, 2.24) is 14.5 Å². The van der Waals surface area contributed by atoms with Crippen LogP contribution in [0.2, 0.25) is 0 Å². The predicted octanol–water partition coefficient (Wildman–Crippen LogP) is 4.41. The number of halogens is 1. The molecule has 0 saturated carbocycles. The fourth-order valence-electron chi connectivity index (χ4n) is 3.89. The van der Waals surface area contributed by atoms with E-state index in [0.29, 0.717) is 36.0 Å². The summed E-state index contributed by atoms with van der Waals surface area (Å²) in [6.45, 7) is 3.12. The summed E-state index contributed by atoms with van der Waals surface area (Å²) < 4.78 is 21.4. The van der Waals surface area contributed by atoms with E-state index in [1.54, 1.807) is 31.3 Å². The molecular weight excluding hydrogens is 425 g/mol. The zero-order chi connectivity index (χ0) is 23.5. The van der Waals surface area contributed by atoms with Crippen molar-refractivity contribution in [3.05, 3.63) is 65.9 Å². The number of hydrogen-bond donors (Lipinski definition) is 3. The highest BCUT2D eigenvalue weighted by Gasteiger charge is 2.13. The van der Waals surface area contributed by atoms with Gasteiger partial charge in [-0.3, -0.25) is 0 Å². The molecule has 3 N–H and O–H groups in total. The Balaban J connectivity index is 1.52. The van der Waals surface area contributed by atoms with Crippen molar-refractivity contribution in [1.29, 1.82) is 0 Å². The third-order valence-electron chi connectivity index (χ3n) is 5.50. The van der Waals surface area contributed by atoms with Gasteiger partial charge in [0, 0.05) is 54.6 Å². The number of aryl methyl sites for hydroxylation is 1. The van der Waals surface area contributed by atoms with Gasteiger partial charge in [0.15, 0.2) is 0 Å². The van der Waals surface area contributed by atoms with Crippen LogP contribution in [0.4, 0.5) is 15.9 Å². The highest BCUT2D eigenvalue weighted by Crippen LogP contribution is 2.30. The highest BCUT2D eigenvalue weighted by atomic mass is 19.1. The maximum Gasteiger partial charge on any atom is 0.337 e. The summed E-state index contributed by atoms with van der Waals surface area (Å²) >= 11 is 0. The van der Waals surface area contributed by atoms with Crippen LogP contribution in [0.5, 0.6) is 5.75 Å². The van der Waals surface area contributed by atoms with Crippen molar-refractivity contribution in [2.45, 2.75) is 13.5 Å². The lowest BCUT2D eigenvalue weighted by molar-refractivity contribution is 0.0698. The Hall–Kier alpha value is -4.14. The molecule has 2 heterocycles. The van der Waals surface area contributed by atoms with Crippen molar-refractivity contribution in [2.24, 2.45) is 0 Å². The minimum Gasteiger partial charge on any atom is -0.496 e. The normalized spacial score (nSPS) is 10.9. The molecule has 2 aromatic carbocycles. The molecule has 9 heteroatoms. The first kappa shape index (κ1) is 22.1. The average Bonchev–Trinajstić information content (AvgIpc) is 3.13. The second kappa shape index (κ2) is 9.15. The van der Waals surface area contributed by atoms with Crippen molar-refractivity contribution in [2.75, 3.05) is 31.3 Å². The molecule has 33 heavy (non-hydrogen) atoms. The van der Waals surface area contributed by atoms with Gasteiger partial charge in [-0.2, -0.15) is 0 Å². The summed E-state index contributed by atoms with van der Waals surface area (Å²) in [4.78, 5) is 19.9. The third-order valence-corrected chi connectivity index (χ3v) is 5.50. The van der Waals surface area contributed by atoms with Crippen LogP contribution in [-0.4, -0.2) is 46.3 Å². The third kappa shape index (κ3) is 4.43. The lowest BCUT2D eigenvalue weighted by Crippen LogP contribution is -2.12. The molecule has 4 aromatic rings. The topological polar surface area (TPSA) is 101 Å². The average molecular weight is 449 g/mol. The fourth-order valence-corrected chi connectivity index (χ4v) is 3.89. The molecule has 0 atom stereocenters. The minimum atomic E-state index is -0.999. The fraction of sp³-hybridized carbons (Fsp3) is 0.208. The van der Waals surface area contributed by atoms with E-state index in [-0.39, 0.29) is 11.4 Å². The first-order valence-electron chi connectivity index (χ1n) is 10.4. The largest absolute Gasteiger partial charge is 0.496 e. The molecule has 0 spiro atoms. The number of aromatic carboxylic acids is 1. The van der Waals surface area contributed by atoms with Gasteiger partial charge in [0.2, 0.25) is 0 Å². The summed E-state index contributed by atoms with van der Waals surface area (Å²) in [6, 6.07) is 11.7. The molecule has 0 fully saturated rings. The van der Waals surface area contributed by atoms with Crippen molar-refractivity contribution in [3.8, 4) is 17.0 Å². The molecule has 0 bridgehead atoms. The molecule has 0 aliphatic rings. The standard InChI is InChI=1S/C24H24FN5O3/c1-14-8-18-21(10-16(25)11-22(18)33-3)30(14)7-6-27-23-12-19(28-13-29-23)15-4-5-17(24(31)32)20(9-15)26-2/h4-5,8-13,26H,6-7H2,1-3H3,(H,31,32)(H,27,28,29). The highest BCUT2D eigenvalue weighted by molar-refractivity contribution is 5.95. The number of hydrogen-bond acceptors (Lipinski definition) is 6. The van der Waals surface area contributed by atoms with Crippen LogP contribution in [0.15, 0.2) is 48.8 Å². The molecule has 4 rings (SSSR count). The molecule has 2 aromatic heterocycles. The lowest BCUT2D eigenvalue weighted by atomic mass is 10.1. The van der Waals surface area contributed by atoms with Gasteiger partial charge in [0.25, 0.3) is 0 Å². The van der Waals surface area contributed by atoms with Gasteiger partial charge in [-0.1, -0.05) is 6.07 Å². The number of carbonyl (C=O) groups is 1. The molecule has 0 saturated heterocycles. The van der Waals surface area contributed by atoms with Gasteiger partial charge in [0.1, 0.15) is 23.7 Å². The number of nitrogens with one attached hydrogen (secondary N) is 2. The first-order valence-corrected chi connectivity index (χ1v) is 10.4. The number of carboxylic acid groups (broad SMARTS) is 1. The number of aromatic nitrogens is 3. The van der Waals surface area contributed by atoms with Crippen LogP contribution >= 0.6 is 0 Å². The zero-order valence-corrected chi connectivity index (χ0v) is 18.5. The predicted molar refractivity (Wildman–Crippen MR) is 126 cm³/mol. The van der Waals surface area contributed by atoms with Gasteiger partial charge < -0.3 is 25.0 Å². The van der Waals surface area contributed by atoms with Crippen LogP contribution in [-0.2, 0) is 6.54 Å². The molecule has 0 radical (unpaired) electrons.